The summed E-state index contributed by atoms with van der Waals surface area (Å²) in [7, 11) is 0. The molecule has 11 heteroatoms. The second kappa shape index (κ2) is 7.96. The monoisotopic (exact) mass is 409 g/mol. The van der Waals surface area contributed by atoms with E-state index in [0.717, 1.165) is 11.1 Å². The predicted octanol–water partition coefficient (Wildman–Crippen LogP) is 3.81. The number of hydrogen-bond donors (Lipinski definition) is 0. The van der Waals surface area contributed by atoms with Gasteiger partial charge in [-0.15, -0.1) is 0 Å². The van der Waals surface area contributed by atoms with E-state index in [0.29, 0.717) is 4.68 Å². The van der Waals surface area contributed by atoms with Crippen molar-refractivity contribution < 1.29 is 36.6 Å². The number of carbonyl (C=O) groups is 2. The standard InChI is InChI=1S/C17H23F4N3O4/c1-5-27-14(25)11-7-22-24(12(11)13(18)19)10-6-17(20,21)9-23(8-10)15(26)28-16(2,3)4/h7,10,13H,5-6,8-9H2,1-4H3. The van der Waals surface area contributed by atoms with Crippen molar-refractivity contribution in [1.29, 1.82) is 0 Å². The second-order valence-electron chi connectivity index (χ2n) is 7.48. The zero-order chi connectivity index (χ0) is 21.3. The molecular formula is C17H23F4N3O4. The van der Waals surface area contributed by atoms with E-state index in [2.05, 4.69) is 5.10 Å². The van der Waals surface area contributed by atoms with E-state index >= 15 is 0 Å². The van der Waals surface area contributed by atoms with E-state index < -0.39 is 60.3 Å². The van der Waals surface area contributed by atoms with Crippen molar-refractivity contribution in [3.8, 4) is 0 Å². The maximum absolute atomic E-state index is 14.2. The van der Waals surface area contributed by atoms with Crippen molar-refractivity contribution in [2.45, 2.75) is 58.1 Å². The molecule has 0 aliphatic carbocycles. The van der Waals surface area contributed by atoms with Crippen molar-refractivity contribution in [2.75, 3.05) is 19.7 Å². The summed E-state index contributed by atoms with van der Waals surface area (Å²) in [5, 5.41) is 3.72. The minimum atomic E-state index is -3.34. The highest BCUT2D eigenvalue weighted by atomic mass is 19.3. The van der Waals surface area contributed by atoms with E-state index in [4.69, 9.17) is 9.47 Å². The van der Waals surface area contributed by atoms with E-state index in [1.807, 2.05) is 0 Å². The number of esters is 1. The highest BCUT2D eigenvalue weighted by Crippen LogP contribution is 2.36. The van der Waals surface area contributed by atoms with Crippen LogP contribution >= 0.6 is 0 Å². The van der Waals surface area contributed by atoms with E-state index in [9.17, 15) is 27.2 Å². The number of amides is 1. The maximum Gasteiger partial charge on any atom is 0.410 e. The molecule has 0 radical (unpaired) electrons. The van der Waals surface area contributed by atoms with Gasteiger partial charge in [0.1, 0.15) is 16.9 Å². The Balaban J connectivity index is 2.35. The number of ether oxygens (including phenoxy) is 2. The average molecular weight is 409 g/mol. The Kier molecular flexibility index (Phi) is 6.24. The molecule has 0 aromatic carbocycles. The van der Waals surface area contributed by atoms with E-state index in [-0.39, 0.29) is 13.2 Å². The fourth-order valence-corrected chi connectivity index (χ4v) is 2.95. The predicted molar refractivity (Wildman–Crippen MR) is 89.5 cm³/mol. The number of hydrogen-bond acceptors (Lipinski definition) is 5. The third kappa shape index (κ3) is 5.14. The van der Waals surface area contributed by atoms with Crippen LogP contribution in [-0.2, 0) is 9.47 Å². The minimum Gasteiger partial charge on any atom is -0.462 e. The molecule has 1 aliphatic rings. The van der Waals surface area contributed by atoms with Crippen LogP contribution in [0.1, 0.15) is 62.6 Å². The molecule has 1 fully saturated rings. The molecule has 1 unspecified atom stereocenters. The molecule has 0 bridgehead atoms. The van der Waals surface area contributed by atoms with Crippen LogP contribution in [0.15, 0.2) is 6.20 Å². The van der Waals surface area contributed by atoms with Crippen LogP contribution in [0.25, 0.3) is 0 Å². The van der Waals surface area contributed by atoms with Gasteiger partial charge in [0.25, 0.3) is 12.3 Å². The van der Waals surface area contributed by atoms with Gasteiger partial charge in [0.15, 0.2) is 0 Å². The zero-order valence-electron chi connectivity index (χ0n) is 16.0. The lowest BCUT2D eigenvalue weighted by Gasteiger charge is -2.38. The molecule has 1 saturated heterocycles. The van der Waals surface area contributed by atoms with Gasteiger partial charge < -0.3 is 14.4 Å². The van der Waals surface area contributed by atoms with Gasteiger partial charge >= 0.3 is 12.1 Å². The fraction of sp³-hybridized carbons (Fsp3) is 0.706. The Morgan fingerprint density at radius 1 is 1.36 bits per heavy atom. The van der Waals surface area contributed by atoms with Crippen molar-refractivity contribution >= 4 is 12.1 Å². The summed E-state index contributed by atoms with van der Waals surface area (Å²) in [6.07, 6.45) is -4.07. The minimum absolute atomic E-state index is 0.0411. The molecule has 158 valence electrons. The summed E-state index contributed by atoms with van der Waals surface area (Å²) >= 11 is 0. The highest BCUT2D eigenvalue weighted by Gasteiger charge is 2.45. The molecule has 2 heterocycles. The number of carbonyl (C=O) groups excluding carboxylic acids is 2. The molecule has 0 saturated carbocycles. The van der Waals surface area contributed by atoms with Crippen molar-refractivity contribution in [3.05, 3.63) is 17.5 Å². The van der Waals surface area contributed by atoms with Crippen LogP contribution in [0.5, 0.6) is 0 Å². The summed E-state index contributed by atoms with van der Waals surface area (Å²) in [6, 6.07) is -1.26. The maximum atomic E-state index is 14.2. The number of alkyl halides is 4. The fourth-order valence-electron chi connectivity index (χ4n) is 2.95. The number of piperidine rings is 1. The highest BCUT2D eigenvalue weighted by molar-refractivity contribution is 5.90. The third-order valence-electron chi connectivity index (χ3n) is 3.92. The first kappa shape index (κ1) is 22.0. The quantitative estimate of drug-likeness (QED) is 0.559. The zero-order valence-corrected chi connectivity index (χ0v) is 16.0. The summed E-state index contributed by atoms with van der Waals surface area (Å²) in [6.45, 7) is 5.00. The number of halogens is 4. The first-order valence-corrected chi connectivity index (χ1v) is 8.73. The van der Waals surface area contributed by atoms with Crippen molar-refractivity contribution in [3.63, 3.8) is 0 Å². The molecule has 1 aromatic heterocycles. The third-order valence-corrected chi connectivity index (χ3v) is 3.92. The summed E-state index contributed by atoms with van der Waals surface area (Å²) in [5.41, 5.74) is -2.21. The van der Waals surface area contributed by atoms with Gasteiger partial charge in [0, 0.05) is 13.0 Å². The first-order valence-electron chi connectivity index (χ1n) is 8.73. The van der Waals surface area contributed by atoms with Gasteiger partial charge in [-0.2, -0.15) is 5.10 Å². The van der Waals surface area contributed by atoms with Crippen molar-refractivity contribution in [1.82, 2.24) is 14.7 Å². The normalized spacial score (nSPS) is 19.6. The Hall–Kier alpha value is -2.33. The molecule has 1 aromatic rings. The summed E-state index contributed by atoms with van der Waals surface area (Å²) in [5.74, 6) is -4.36. The van der Waals surface area contributed by atoms with Gasteiger partial charge in [-0.25, -0.2) is 27.2 Å². The van der Waals surface area contributed by atoms with Gasteiger partial charge in [-0.05, 0) is 27.7 Å². The van der Waals surface area contributed by atoms with Crippen molar-refractivity contribution in [2.24, 2.45) is 0 Å². The Morgan fingerprint density at radius 2 is 2.00 bits per heavy atom. The van der Waals surface area contributed by atoms with Crippen LogP contribution < -0.4 is 0 Å². The Bertz CT molecular complexity index is 730. The number of aromatic nitrogens is 2. The average Bonchev–Trinajstić information content (AvgIpc) is 2.97. The molecule has 1 aliphatic heterocycles. The molecule has 1 amide bonds. The number of rotatable bonds is 4. The van der Waals surface area contributed by atoms with Gasteiger partial charge in [0.2, 0.25) is 0 Å². The van der Waals surface area contributed by atoms with Gasteiger partial charge in [-0.1, -0.05) is 0 Å². The Morgan fingerprint density at radius 3 is 2.54 bits per heavy atom. The largest absolute Gasteiger partial charge is 0.462 e. The van der Waals surface area contributed by atoms with Crippen LogP contribution in [0.3, 0.4) is 0 Å². The summed E-state index contributed by atoms with van der Waals surface area (Å²) in [4.78, 5) is 24.9. The summed E-state index contributed by atoms with van der Waals surface area (Å²) < 4.78 is 66.1. The SMILES string of the molecule is CCOC(=O)c1cnn(C2CN(C(=O)OC(C)(C)C)CC(F)(F)C2)c1C(F)F. The van der Waals surface area contributed by atoms with Gasteiger partial charge in [-0.3, -0.25) is 4.68 Å². The molecule has 7 nitrogen and oxygen atoms in total. The Labute approximate surface area is 159 Å². The molecule has 28 heavy (non-hydrogen) atoms. The van der Waals surface area contributed by atoms with Crippen LogP contribution in [0.4, 0.5) is 22.4 Å². The van der Waals surface area contributed by atoms with Crippen LogP contribution in [0.2, 0.25) is 0 Å². The lowest BCUT2D eigenvalue weighted by atomic mass is 10.0. The molecule has 0 N–H and O–H groups in total. The van der Waals surface area contributed by atoms with Crippen LogP contribution in [-0.4, -0.2) is 58.0 Å². The second-order valence-corrected chi connectivity index (χ2v) is 7.48. The number of nitrogens with zero attached hydrogens (tertiary/aromatic N) is 3. The molecule has 1 atom stereocenters. The molecular weight excluding hydrogens is 386 g/mol. The van der Waals surface area contributed by atoms with Crippen LogP contribution in [0, 0.1) is 0 Å². The van der Waals surface area contributed by atoms with Gasteiger partial charge in [0.05, 0.1) is 25.4 Å². The lowest BCUT2D eigenvalue weighted by Crippen LogP contribution is -2.51. The molecule has 2 rings (SSSR count). The topological polar surface area (TPSA) is 73.7 Å². The van der Waals surface area contributed by atoms with E-state index in [1.54, 1.807) is 20.8 Å². The number of likely N-dealkylation sites (tertiary alicyclic amines) is 1. The lowest BCUT2D eigenvalue weighted by molar-refractivity contribution is -0.0862. The molecule has 0 spiro atoms. The smallest absolute Gasteiger partial charge is 0.410 e. The first-order chi connectivity index (χ1) is 12.8. The van der Waals surface area contributed by atoms with E-state index in [1.165, 1.54) is 6.92 Å².